The van der Waals surface area contributed by atoms with Gasteiger partial charge in [0.15, 0.2) is 5.60 Å². The van der Waals surface area contributed by atoms with Crippen LogP contribution in [0.1, 0.15) is 64.6 Å². The summed E-state index contributed by atoms with van der Waals surface area (Å²) in [6.45, 7) is 4.29. The molecule has 38 heavy (non-hydrogen) atoms. The van der Waals surface area contributed by atoms with Crippen molar-refractivity contribution in [1.29, 1.82) is 0 Å². The summed E-state index contributed by atoms with van der Waals surface area (Å²) in [5.41, 5.74) is 8.93. The molecule has 6 aliphatic heterocycles. The molecule has 0 atom stereocenters. The fourth-order valence-electron chi connectivity index (χ4n) is 8.28. The third kappa shape index (κ3) is 2.59. The molecule has 9 rings (SSSR count). The molecule has 3 aromatic rings. The first-order valence-corrected chi connectivity index (χ1v) is 15.6. The maximum absolute atomic E-state index is 13.7. The second kappa shape index (κ2) is 7.33. The summed E-state index contributed by atoms with van der Waals surface area (Å²) in [4.78, 5) is 5.31. The van der Waals surface area contributed by atoms with Gasteiger partial charge in [-0.15, -0.1) is 0 Å². The lowest BCUT2D eigenvalue weighted by molar-refractivity contribution is 0.162. The van der Waals surface area contributed by atoms with Crippen LogP contribution in [0.4, 0.5) is 11.4 Å². The van der Waals surface area contributed by atoms with E-state index in [1.54, 1.807) is 12.1 Å². The average molecular weight is 527 g/mol. The smallest absolute Gasteiger partial charge is 0.298 e. The van der Waals surface area contributed by atoms with Crippen LogP contribution in [-0.2, 0) is 45.6 Å². The van der Waals surface area contributed by atoms with Crippen LogP contribution >= 0.6 is 0 Å². The lowest BCUT2D eigenvalue weighted by Gasteiger charge is -2.45. The zero-order valence-corrected chi connectivity index (χ0v) is 22.2. The van der Waals surface area contributed by atoms with E-state index in [0.29, 0.717) is 0 Å². The van der Waals surface area contributed by atoms with Gasteiger partial charge in [0.2, 0.25) is 0 Å². The Morgan fingerprint density at radius 2 is 1.21 bits per heavy atom. The molecule has 7 heteroatoms. The first-order valence-electron chi connectivity index (χ1n) is 14.2. The van der Waals surface area contributed by atoms with E-state index < -0.39 is 15.7 Å². The van der Waals surface area contributed by atoms with Crippen molar-refractivity contribution in [3.8, 4) is 11.5 Å². The summed E-state index contributed by atoms with van der Waals surface area (Å²) in [6.07, 6.45) is 8.24. The number of fused-ring (bicyclic) bond motifs is 8. The third-order valence-electron chi connectivity index (χ3n) is 9.68. The Morgan fingerprint density at radius 3 is 1.79 bits per heavy atom. The standard InChI is InChI=1S/C31H30N2O4S/c34-38(35)26-12-2-1-11-23(26)31(37-38)24-17-19-7-3-13-32-15-5-9-21(27(19)32)29(24)36-30-22-10-6-16-33-14-4-8-20(28(22)33)18-25(30)31/h1-2,11-12,17-18H,3-10,13-16H2. The van der Waals surface area contributed by atoms with Crippen LogP contribution in [0.15, 0.2) is 41.3 Å². The minimum Gasteiger partial charge on any atom is -0.456 e. The number of nitrogens with zero attached hydrogens (tertiary/aromatic N) is 2. The molecule has 0 N–H and O–H groups in total. The van der Waals surface area contributed by atoms with Crippen LogP contribution in [-0.4, -0.2) is 34.6 Å². The van der Waals surface area contributed by atoms with Crippen molar-refractivity contribution in [2.24, 2.45) is 0 Å². The van der Waals surface area contributed by atoms with Crippen molar-refractivity contribution in [2.45, 2.75) is 61.9 Å². The quantitative estimate of drug-likeness (QED) is 0.375. The van der Waals surface area contributed by atoms with Gasteiger partial charge in [-0.2, -0.15) is 8.42 Å². The van der Waals surface area contributed by atoms with Crippen LogP contribution in [0, 0.1) is 0 Å². The fourth-order valence-corrected chi connectivity index (χ4v) is 9.69. The monoisotopic (exact) mass is 526 g/mol. The first-order chi connectivity index (χ1) is 18.6. The molecule has 0 radical (unpaired) electrons. The Hall–Kier alpha value is -3.03. The predicted octanol–water partition coefficient (Wildman–Crippen LogP) is 5.20. The van der Waals surface area contributed by atoms with Gasteiger partial charge in [-0.1, -0.05) is 18.2 Å². The highest BCUT2D eigenvalue weighted by molar-refractivity contribution is 7.87. The highest BCUT2D eigenvalue weighted by Gasteiger charge is 2.57. The van der Waals surface area contributed by atoms with Crippen LogP contribution in [0.25, 0.3) is 0 Å². The molecule has 0 fully saturated rings. The predicted molar refractivity (Wildman–Crippen MR) is 145 cm³/mol. The van der Waals surface area contributed by atoms with Gasteiger partial charge in [0.25, 0.3) is 10.1 Å². The number of anilines is 2. The summed E-state index contributed by atoms with van der Waals surface area (Å²) in [5.74, 6) is 1.66. The summed E-state index contributed by atoms with van der Waals surface area (Å²) in [7, 11) is -3.95. The Morgan fingerprint density at radius 1 is 0.684 bits per heavy atom. The van der Waals surface area contributed by atoms with Crippen LogP contribution < -0.4 is 14.5 Å². The zero-order chi connectivity index (χ0) is 25.2. The summed E-state index contributed by atoms with van der Waals surface area (Å²) in [6, 6.07) is 11.8. The topological polar surface area (TPSA) is 59.1 Å². The molecule has 194 valence electrons. The van der Waals surface area contributed by atoms with Gasteiger partial charge in [0.05, 0.1) is 0 Å². The van der Waals surface area contributed by atoms with E-state index in [4.69, 9.17) is 8.92 Å². The van der Waals surface area contributed by atoms with Gasteiger partial charge in [-0.3, -0.25) is 0 Å². The molecule has 0 amide bonds. The lowest BCUT2D eigenvalue weighted by atomic mass is 9.73. The van der Waals surface area contributed by atoms with Crippen LogP contribution in [0.2, 0.25) is 0 Å². The van der Waals surface area contributed by atoms with Crippen molar-refractivity contribution in [1.82, 2.24) is 0 Å². The highest BCUT2D eigenvalue weighted by atomic mass is 32.2. The van der Waals surface area contributed by atoms with Gasteiger partial charge in [0, 0.05) is 65.4 Å². The maximum Gasteiger partial charge on any atom is 0.298 e. The van der Waals surface area contributed by atoms with Crippen LogP contribution in [0.3, 0.4) is 0 Å². The number of rotatable bonds is 0. The van der Waals surface area contributed by atoms with E-state index in [0.717, 1.165) is 106 Å². The average Bonchev–Trinajstić information content (AvgIpc) is 3.18. The van der Waals surface area contributed by atoms with Crippen molar-refractivity contribution in [3.63, 3.8) is 0 Å². The largest absolute Gasteiger partial charge is 0.456 e. The summed E-state index contributed by atoms with van der Waals surface area (Å²) in [5, 5.41) is 0. The summed E-state index contributed by atoms with van der Waals surface area (Å²) >= 11 is 0. The van der Waals surface area contributed by atoms with Gasteiger partial charge in [0.1, 0.15) is 16.4 Å². The summed E-state index contributed by atoms with van der Waals surface area (Å²) < 4.78 is 40.9. The molecular weight excluding hydrogens is 496 g/mol. The maximum atomic E-state index is 13.7. The minimum absolute atomic E-state index is 0.278. The zero-order valence-electron chi connectivity index (χ0n) is 21.4. The van der Waals surface area contributed by atoms with Gasteiger partial charge in [-0.05, 0) is 80.7 Å². The van der Waals surface area contributed by atoms with E-state index in [-0.39, 0.29) is 4.90 Å². The molecule has 0 unspecified atom stereocenters. The van der Waals surface area contributed by atoms with E-state index in [1.807, 2.05) is 12.1 Å². The van der Waals surface area contributed by atoms with E-state index in [2.05, 4.69) is 21.9 Å². The minimum atomic E-state index is -3.95. The number of hydrogen-bond donors (Lipinski definition) is 0. The van der Waals surface area contributed by atoms with E-state index in [9.17, 15) is 8.42 Å². The SMILES string of the molecule is O=S1(=O)OC2(c3ccccc31)c1cc3c4c(c1Oc1c2cc2c5c1CCCN5CCC2)CCCN4CCC3. The molecule has 0 saturated heterocycles. The van der Waals surface area contributed by atoms with Crippen LogP contribution in [0.5, 0.6) is 11.5 Å². The van der Waals surface area contributed by atoms with E-state index in [1.165, 1.54) is 33.6 Å². The third-order valence-corrected chi connectivity index (χ3v) is 11.0. The molecule has 1 spiro atoms. The van der Waals surface area contributed by atoms with Crippen molar-refractivity contribution < 1.29 is 17.3 Å². The van der Waals surface area contributed by atoms with Gasteiger partial charge in [-0.25, -0.2) is 4.18 Å². The Bertz CT molecular complexity index is 1590. The van der Waals surface area contributed by atoms with Crippen molar-refractivity contribution >= 4 is 21.5 Å². The first kappa shape index (κ1) is 21.9. The molecule has 3 aromatic carbocycles. The Kier molecular flexibility index (Phi) is 4.22. The van der Waals surface area contributed by atoms with Gasteiger partial charge >= 0.3 is 0 Å². The number of ether oxygens (including phenoxy) is 1. The molecule has 6 nitrogen and oxygen atoms in total. The molecule has 0 saturated carbocycles. The lowest BCUT2D eigenvalue weighted by Crippen LogP contribution is -2.40. The van der Waals surface area contributed by atoms with Gasteiger partial charge < -0.3 is 14.5 Å². The van der Waals surface area contributed by atoms with Crippen molar-refractivity contribution in [2.75, 3.05) is 36.0 Å². The Balaban J connectivity index is 1.43. The molecule has 0 aliphatic carbocycles. The van der Waals surface area contributed by atoms with E-state index >= 15 is 0 Å². The highest BCUT2D eigenvalue weighted by Crippen LogP contribution is 2.63. The van der Waals surface area contributed by atoms with Crippen molar-refractivity contribution in [3.05, 3.63) is 75.3 Å². The fraction of sp³-hybridized carbons (Fsp3) is 0.419. The molecule has 0 aromatic heterocycles. The normalized spacial score (nSPS) is 22.6. The molecule has 6 aliphatic rings. The second-order valence-electron chi connectivity index (χ2n) is 11.7. The second-order valence-corrected chi connectivity index (χ2v) is 13.2. The molecule has 0 bridgehead atoms. The molecule has 6 heterocycles. The Labute approximate surface area is 223 Å². The number of hydrogen-bond acceptors (Lipinski definition) is 6. The number of aryl methyl sites for hydroxylation is 2. The molecular formula is C31H30N2O4S. The number of benzene rings is 3.